The van der Waals surface area contributed by atoms with Gasteiger partial charge in [-0.2, -0.15) is 26.3 Å². The molecule has 0 unspecified atom stereocenters. The zero-order valence-corrected chi connectivity index (χ0v) is 17.6. The molecule has 2 N–H and O–H groups in total. The van der Waals surface area contributed by atoms with Crippen LogP contribution in [0.2, 0.25) is 0 Å². The topological polar surface area (TPSA) is 80.7 Å². The molecule has 1 aromatic heterocycles. The van der Waals surface area contributed by atoms with Crippen molar-refractivity contribution in [3.05, 3.63) is 76.9 Å². The van der Waals surface area contributed by atoms with E-state index < -0.39 is 53.1 Å². The maximum absolute atomic E-state index is 13.8. The Kier molecular flexibility index (Phi) is 7.08. The number of aromatic nitrogens is 1. The molecule has 0 bridgehead atoms. The molecule has 0 spiro atoms. The smallest absolute Gasteiger partial charge is 0.416 e. The summed E-state index contributed by atoms with van der Waals surface area (Å²) in [5.41, 5.74) is -4.16. The van der Waals surface area contributed by atoms with Crippen molar-refractivity contribution in [3.8, 4) is 17.2 Å². The predicted octanol–water partition coefficient (Wildman–Crippen LogP) is 6.37. The molecular formula is C22H15F7N2O4. The van der Waals surface area contributed by atoms with E-state index in [1.807, 2.05) is 0 Å². The molecule has 0 fully saturated rings. The molecule has 0 aliphatic rings. The highest BCUT2D eigenvalue weighted by molar-refractivity contribution is 5.85. The molecule has 3 aromatic rings. The van der Waals surface area contributed by atoms with Gasteiger partial charge in [0, 0.05) is 18.2 Å². The van der Waals surface area contributed by atoms with Gasteiger partial charge in [0.05, 0.1) is 30.1 Å². The molecule has 186 valence electrons. The summed E-state index contributed by atoms with van der Waals surface area (Å²) in [5.74, 6) is -3.49. The number of nitrogens with zero attached hydrogens (tertiary/aromatic N) is 1. The zero-order valence-electron chi connectivity index (χ0n) is 17.6. The van der Waals surface area contributed by atoms with Gasteiger partial charge in [-0.05, 0) is 36.4 Å². The number of hydrogen-bond acceptors (Lipinski definition) is 5. The number of rotatable bonds is 7. The van der Waals surface area contributed by atoms with Crippen molar-refractivity contribution in [2.75, 3.05) is 12.4 Å². The Balaban J connectivity index is 2.10. The minimum absolute atomic E-state index is 0.0441. The standard InChI is InChI=1S/C22H15F7N2O4/c1-34-19-8-12(23)2-5-17(19)35-18-7-11(21(24,25)26)6-15(22(27,28)29)14(18)10-30-13-3-4-16(20(32)33)31-9-13/h2-9,30H,10H2,1H3,(H,32,33). The number of carbonyl (C=O) groups is 1. The molecule has 6 nitrogen and oxygen atoms in total. The first-order valence-electron chi connectivity index (χ1n) is 9.55. The number of methoxy groups -OCH3 is 1. The van der Waals surface area contributed by atoms with Gasteiger partial charge in [-0.1, -0.05) is 0 Å². The maximum atomic E-state index is 13.8. The van der Waals surface area contributed by atoms with Crippen LogP contribution in [0.5, 0.6) is 17.2 Å². The summed E-state index contributed by atoms with van der Waals surface area (Å²) in [5, 5.41) is 11.4. The molecule has 2 aromatic carbocycles. The van der Waals surface area contributed by atoms with E-state index in [0.717, 1.165) is 37.6 Å². The third-order valence-electron chi connectivity index (χ3n) is 4.64. The number of aromatic carboxylic acids is 1. The van der Waals surface area contributed by atoms with Gasteiger partial charge in [-0.3, -0.25) is 0 Å². The average molecular weight is 504 g/mol. The first-order valence-corrected chi connectivity index (χ1v) is 9.55. The van der Waals surface area contributed by atoms with Crippen LogP contribution in [0.15, 0.2) is 48.7 Å². The molecule has 0 atom stereocenters. The monoisotopic (exact) mass is 504 g/mol. The van der Waals surface area contributed by atoms with E-state index in [1.165, 1.54) is 6.07 Å². The molecule has 0 saturated carbocycles. The van der Waals surface area contributed by atoms with Gasteiger partial charge < -0.3 is 19.9 Å². The highest BCUT2D eigenvalue weighted by atomic mass is 19.4. The molecule has 35 heavy (non-hydrogen) atoms. The third-order valence-corrected chi connectivity index (χ3v) is 4.64. The molecule has 0 aliphatic carbocycles. The summed E-state index contributed by atoms with van der Waals surface area (Å²) in [4.78, 5) is 14.5. The first kappa shape index (κ1) is 25.6. The predicted molar refractivity (Wildman–Crippen MR) is 108 cm³/mol. The SMILES string of the molecule is COc1cc(F)ccc1Oc1cc(C(F)(F)F)cc(C(F)(F)F)c1CNc1ccc(C(=O)O)nc1. The maximum Gasteiger partial charge on any atom is 0.416 e. The minimum atomic E-state index is -5.20. The van der Waals surface area contributed by atoms with Gasteiger partial charge in [0.15, 0.2) is 11.5 Å². The number of carboxylic acid groups (broad SMARTS) is 1. The highest BCUT2D eigenvalue weighted by Crippen LogP contribution is 2.44. The highest BCUT2D eigenvalue weighted by Gasteiger charge is 2.40. The van der Waals surface area contributed by atoms with E-state index in [-0.39, 0.29) is 28.9 Å². The number of ether oxygens (including phenoxy) is 2. The molecule has 3 rings (SSSR count). The van der Waals surface area contributed by atoms with Crippen LogP contribution in [0, 0.1) is 5.82 Å². The fourth-order valence-corrected chi connectivity index (χ4v) is 2.99. The Morgan fingerprint density at radius 2 is 1.69 bits per heavy atom. The fraction of sp³-hybridized carbons (Fsp3) is 0.182. The Labute approximate surface area is 192 Å². The van der Waals surface area contributed by atoms with Crippen molar-refractivity contribution in [2.45, 2.75) is 18.9 Å². The van der Waals surface area contributed by atoms with Crippen molar-refractivity contribution in [3.63, 3.8) is 0 Å². The number of pyridine rings is 1. The van der Waals surface area contributed by atoms with Crippen LogP contribution in [-0.2, 0) is 18.9 Å². The number of benzene rings is 2. The Morgan fingerprint density at radius 1 is 0.971 bits per heavy atom. The van der Waals surface area contributed by atoms with Crippen LogP contribution in [0.3, 0.4) is 0 Å². The summed E-state index contributed by atoms with van der Waals surface area (Å²) in [6.07, 6.45) is -9.30. The number of nitrogens with one attached hydrogen (secondary N) is 1. The Bertz CT molecular complexity index is 1230. The third kappa shape index (κ3) is 6.11. The van der Waals surface area contributed by atoms with Crippen LogP contribution >= 0.6 is 0 Å². The lowest BCUT2D eigenvalue weighted by Crippen LogP contribution is -2.16. The summed E-state index contributed by atoms with van der Waals surface area (Å²) < 4.78 is 105. The number of carboxylic acids is 1. The van der Waals surface area contributed by atoms with E-state index in [9.17, 15) is 35.5 Å². The lowest BCUT2D eigenvalue weighted by atomic mass is 10.0. The normalized spacial score (nSPS) is 11.8. The van der Waals surface area contributed by atoms with Crippen molar-refractivity contribution in [1.29, 1.82) is 0 Å². The van der Waals surface area contributed by atoms with Crippen molar-refractivity contribution < 1.29 is 50.1 Å². The van der Waals surface area contributed by atoms with E-state index in [1.54, 1.807) is 0 Å². The number of halogens is 7. The summed E-state index contributed by atoms with van der Waals surface area (Å²) in [7, 11) is 1.12. The molecule has 1 heterocycles. The number of anilines is 1. The average Bonchev–Trinajstić information content (AvgIpc) is 2.77. The van der Waals surface area contributed by atoms with Crippen LogP contribution in [0.1, 0.15) is 27.2 Å². The molecule has 0 aliphatic heterocycles. The lowest BCUT2D eigenvalue weighted by Gasteiger charge is -2.21. The first-order chi connectivity index (χ1) is 16.3. The van der Waals surface area contributed by atoms with Gasteiger partial charge in [0.1, 0.15) is 17.3 Å². The largest absolute Gasteiger partial charge is 0.493 e. The van der Waals surface area contributed by atoms with E-state index in [0.29, 0.717) is 6.07 Å². The molecule has 0 radical (unpaired) electrons. The molecule has 13 heteroatoms. The van der Waals surface area contributed by atoms with Crippen LogP contribution in [-0.4, -0.2) is 23.2 Å². The van der Waals surface area contributed by atoms with Crippen LogP contribution in [0.4, 0.5) is 36.4 Å². The van der Waals surface area contributed by atoms with Crippen molar-refractivity contribution in [1.82, 2.24) is 4.98 Å². The number of hydrogen-bond donors (Lipinski definition) is 2. The van der Waals surface area contributed by atoms with E-state index in [2.05, 4.69) is 10.3 Å². The van der Waals surface area contributed by atoms with E-state index in [4.69, 9.17) is 14.6 Å². The second-order valence-electron chi connectivity index (χ2n) is 6.98. The second-order valence-corrected chi connectivity index (χ2v) is 6.98. The zero-order chi connectivity index (χ0) is 26.0. The molecule has 0 saturated heterocycles. The lowest BCUT2D eigenvalue weighted by molar-refractivity contribution is -0.143. The fourth-order valence-electron chi connectivity index (χ4n) is 2.99. The van der Waals surface area contributed by atoms with Gasteiger partial charge in [0.25, 0.3) is 0 Å². The quantitative estimate of drug-likeness (QED) is 0.364. The Morgan fingerprint density at radius 3 is 2.23 bits per heavy atom. The van der Waals surface area contributed by atoms with Gasteiger partial charge in [-0.15, -0.1) is 0 Å². The summed E-state index contributed by atoms with van der Waals surface area (Å²) >= 11 is 0. The Hall–Kier alpha value is -4.03. The summed E-state index contributed by atoms with van der Waals surface area (Å²) in [6, 6.07) is 5.39. The van der Waals surface area contributed by atoms with Gasteiger partial charge in [0.2, 0.25) is 0 Å². The van der Waals surface area contributed by atoms with E-state index >= 15 is 0 Å². The van der Waals surface area contributed by atoms with Crippen LogP contribution in [0.25, 0.3) is 0 Å². The number of alkyl halides is 6. The molecular weight excluding hydrogens is 489 g/mol. The van der Waals surface area contributed by atoms with Gasteiger partial charge in [-0.25, -0.2) is 14.2 Å². The van der Waals surface area contributed by atoms with Gasteiger partial charge >= 0.3 is 18.3 Å². The van der Waals surface area contributed by atoms with Crippen LogP contribution < -0.4 is 14.8 Å². The minimum Gasteiger partial charge on any atom is -0.493 e. The second kappa shape index (κ2) is 9.68. The van der Waals surface area contributed by atoms with Crippen molar-refractivity contribution in [2.24, 2.45) is 0 Å². The van der Waals surface area contributed by atoms with Crippen molar-refractivity contribution >= 4 is 11.7 Å². The summed E-state index contributed by atoms with van der Waals surface area (Å²) in [6.45, 7) is -0.681. The molecule has 0 amide bonds.